The first-order valence-corrected chi connectivity index (χ1v) is 17.2. The van der Waals surface area contributed by atoms with Crippen LogP contribution >= 0.6 is 0 Å². The van der Waals surface area contributed by atoms with Crippen molar-refractivity contribution in [3.63, 3.8) is 0 Å². The van der Waals surface area contributed by atoms with Gasteiger partial charge in [0.15, 0.2) is 5.78 Å². The minimum absolute atomic E-state index is 0.0128. The number of ether oxygens (including phenoxy) is 4. The second-order valence-corrected chi connectivity index (χ2v) is 12.1. The van der Waals surface area contributed by atoms with Gasteiger partial charge in [-0.05, 0) is 59.9 Å². The number of nitrogens with zero attached hydrogens (tertiary/aromatic N) is 1. The molecule has 12 heteroatoms. The van der Waals surface area contributed by atoms with Crippen molar-refractivity contribution in [2.24, 2.45) is 0 Å². The zero-order chi connectivity index (χ0) is 35.0. The molecular weight excluding hydrogens is 632 g/mol. The van der Waals surface area contributed by atoms with Gasteiger partial charge >= 0.3 is 6.16 Å². The molecule has 1 heterocycles. The van der Waals surface area contributed by atoms with E-state index in [1.165, 1.54) is 0 Å². The van der Waals surface area contributed by atoms with Crippen molar-refractivity contribution in [3.8, 4) is 11.1 Å². The van der Waals surface area contributed by atoms with Gasteiger partial charge in [0.2, 0.25) is 5.91 Å². The number of Topliss-reactive ketones (excluding diaryl/α,β-unsaturated/α-hetero) is 1. The lowest BCUT2D eigenvalue weighted by Crippen LogP contribution is -2.32. The summed E-state index contributed by atoms with van der Waals surface area (Å²) in [5.41, 5.74) is 4.95. The van der Waals surface area contributed by atoms with Crippen LogP contribution in [0.5, 0.6) is 0 Å². The number of hydroxylamine groups is 2. The average Bonchev–Trinajstić information content (AvgIpc) is 3.59. The number of aryl methyl sites for hydroxylation is 1. The van der Waals surface area contributed by atoms with Gasteiger partial charge in [0, 0.05) is 77.2 Å². The molecule has 266 valence electrons. The van der Waals surface area contributed by atoms with E-state index < -0.39 is 23.9 Å². The maximum atomic E-state index is 13.5. The Bertz CT molecular complexity index is 1440. The van der Waals surface area contributed by atoms with Crippen molar-refractivity contribution < 1.29 is 47.8 Å². The molecule has 1 N–H and O–H groups in total. The van der Waals surface area contributed by atoms with Crippen LogP contribution in [0.1, 0.15) is 97.7 Å². The van der Waals surface area contributed by atoms with Crippen molar-refractivity contribution in [1.29, 1.82) is 0 Å². The highest BCUT2D eigenvalue weighted by molar-refractivity contribution is 6.05. The average molecular weight is 681 g/mol. The molecule has 0 aromatic heterocycles. The Morgan fingerprint density at radius 2 is 1.61 bits per heavy atom. The third-order valence-electron chi connectivity index (χ3n) is 8.48. The maximum absolute atomic E-state index is 13.5. The second-order valence-electron chi connectivity index (χ2n) is 12.1. The molecule has 1 atom stereocenters. The van der Waals surface area contributed by atoms with Gasteiger partial charge in [0.25, 0.3) is 11.8 Å². The van der Waals surface area contributed by atoms with E-state index in [0.717, 1.165) is 47.1 Å². The Hall–Kier alpha value is -4.13. The molecule has 12 nitrogen and oxygen atoms in total. The van der Waals surface area contributed by atoms with Gasteiger partial charge < -0.3 is 24.3 Å². The maximum Gasteiger partial charge on any atom is 0.533 e. The summed E-state index contributed by atoms with van der Waals surface area (Å²) in [4.78, 5) is 67.2. The predicted octanol–water partition coefficient (Wildman–Crippen LogP) is 5.29. The predicted molar refractivity (Wildman–Crippen MR) is 180 cm³/mol. The van der Waals surface area contributed by atoms with E-state index in [9.17, 15) is 24.0 Å². The first kappa shape index (κ1) is 37.7. The number of fused-ring (bicyclic) bond motifs is 3. The molecule has 1 aliphatic heterocycles. The van der Waals surface area contributed by atoms with Crippen LogP contribution in [-0.2, 0) is 44.6 Å². The number of amides is 3. The smallest absolute Gasteiger partial charge is 0.432 e. The van der Waals surface area contributed by atoms with Crippen molar-refractivity contribution >= 4 is 29.7 Å². The van der Waals surface area contributed by atoms with Gasteiger partial charge in [0.1, 0.15) is 6.61 Å². The van der Waals surface area contributed by atoms with Crippen LogP contribution in [0.15, 0.2) is 36.4 Å². The van der Waals surface area contributed by atoms with Crippen molar-refractivity contribution in [3.05, 3.63) is 58.7 Å². The summed E-state index contributed by atoms with van der Waals surface area (Å²) in [5, 5.41) is 3.35. The van der Waals surface area contributed by atoms with Gasteiger partial charge in [0.05, 0.1) is 6.61 Å². The normalized spacial score (nSPS) is 14.9. The quantitative estimate of drug-likeness (QED) is 0.0754. The Kier molecular flexibility index (Phi) is 15.2. The number of carbonyl (C=O) groups is 5. The molecule has 49 heavy (non-hydrogen) atoms. The molecule has 2 aromatic carbocycles. The summed E-state index contributed by atoms with van der Waals surface area (Å²) < 4.78 is 21.6. The van der Waals surface area contributed by atoms with E-state index in [-0.39, 0.29) is 31.1 Å². The summed E-state index contributed by atoms with van der Waals surface area (Å²) in [7, 11) is 1.65. The molecule has 1 saturated heterocycles. The third-order valence-corrected chi connectivity index (χ3v) is 8.48. The fourth-order valence-corrected chi connectivity index (χ4v) is 5.96. The van der Waals surface area contributed by atoms with Gasteiger partial charge in [-0.1, -0.05) is 54.8 Å². The standard InChI is InChI=1S/C37H48N2O10/c1-3-4-20-47-23-18-38-33(41)13-5-9-26-14-15-28-30(24-26)31(25-48-37(44)49-39-34(42)16-17-35(39)43)27-10-6-11-29(36(27)28)32(40)12-7-21-46-22-8-19-45-2/h6,10-11,14-15,24,31H,3-5,7-9,12-13,16-23,25H2,1-2H3,(H,38,41). The Balaban J connectivity index is 1.43. The second kappa shape index (κ2) is 19.8. The van der Waals surface area contributed by atoms with Crippen LogP contribution in [-0.4, -0.2) is 88.0 Å². The molecule has 0 saturated carbocycles. The molecule has 4 rings (SSSR count). The van der Waals surface area contributed by atoms with Gasteiger partial charge in [-0.2, -0.15) is 0 Å². The number of imide groups is 1. The van der Waals surface area contributed by atoms with Crippen LogP contribution < -0.4 is 5.32 Å². The lowest BCUT2D eigenvalue weighted by molar-refractivity contribution is -0.177. The van der Waals surface area contributed by atoms with E-state index in [0.29, 0.717) is 82.3 Å². The van der Waals surface area contributed by atoms with Crippen molar-refractivity contribution in [2.75, 3.05) is 53.3 Å². The highest BCUT2D eigenvalue weighted by Crippen LogP contribution is 2.47. The van der Waals surface area contributed by atoms with E-state index >= 15 is 0 Å². The van der Waals surface area contributed by atoms with Gasteiger partial charge in [-0.3, -0.25) is 24.0 Å². The molecule has 1 fully saturated rings. The SMILES string of the molecule is CCCCOCCNC(=O)CCCc1ccc2c(c1)C(COC(=O)ON1C(=O)CCC1=O)c1cccc(C(=O)CCCOCCCOC)c1-2. The van der Waals surface area contributed by atoms with Crippen molar-refractivity contribution in [1.82, 2.24) is 10.4 Å². The summed E-state index contributed by atoms with van der Waals surface area (Å²) in [6.07, 6.45) is 4.19. The minimum Gasteiger partial charge on any atom is -0.432 e. The van der Waals surface area contributed by atoms with Crippen LogP contribution in [0.2, 0.25) is 0 Å². The van der Waals surface area contributed by atoms with Gasteiger partial charge in [-0.15, -0.1) is 0 Å². The molecule has 2 aromatic rings. The third kappa shape index (κ3) is 10.9. The fraction of sp³-hybridized carbons (Fsp3) is 0.541. The molecule has 0 radical (unpaired) electrons. The first-order chi connectivity index (χ1) is 23.8. The van der Waals surface area contributed by atoms with E-state index in [4.69, 9.17) is 23.8 Å². The molecular formula is C37H48N2O10. The van der Waals surface area contributed by atoms with Crippen molar-refractivity contribution in [2.45, 2.75) is 77.0 Å². The highest BCUT2D eigenvalue weighted by Gasteiger charge is 2.36. The zero-order valence-electron chi connectivity index (χ0n) is 28.6. The molecule has 1 aliphatic carbocycles. The number of unbranched alkanes of at least 4 members (excludes halogenated alkanes) is 1. The molecule has 1 unspecified atom stereocenters. The molecule has 0 spiro atoms. The monoisotopic (exact) mass is 680 g/mol. The minimum atomic E-state index is -1.16. The topological polar surface area (TPSA) is 147 Å². The van der Waals surface area contributed by atoms with E-state index in [2.05, 4.69) is 12.2 Å². The molecule has 0 bridgehead atoms. The Morgan fingerprint density at radius 1 is 0.857 bits per heavy atom. The number of hydrogen-bond donors (Lipinski definition) is 1. The number of nitrogens with one attached hydrogen (secondary N) is 1. The van der Waals surface area contributed by atoms with E-state index in [1.807, 2.05) is 36.4 Å². The summed E-state index contributed by atoms with van der Waals surface area (Å²) >= 11 is 0. The fourth-order valence-electron chi connectivity index (χ4n) is 5.96. The lowest BCUT2D eigenvalue weighted by atomic mass is 9.93. The number of hydrogen-bond acceptors (Lipinski definition) is 10. The van der Waals surface area contributed by atoms with E-state index in [1.54, 1.807) is 7.11 Å². The zero-order valence-corrected chi connectivity index (χ0v) is 28.6. The molecule has 3 amide bonds. The number of rotatable bonds is 22. The Morgan fingerprint density at radius 3 is 2.39 bits per heavy atom. The summed E-state index contributed by atoms with van der Waals surface area (Å²) in [5.74, 6) is -1.66. The number of benzene rings is 2. The number of carbonyl (C=O) groups excluding carboxylic acids is 5. The first-order valence-electron chi connectivity index (χ1n) is 17.2. The summed E-state index contributed by atoms with van der Waals surface area (Å²) in [6.45, 7) is 5.30. The van der Waals surface area contributed by atoms with Crippen LogP contribution in [0, 0.1) is 0 Å². The van der Waals surface area contributed by atoms with Gasteiger partial charge in [-0.25, -0.2) is 4.79 Å². The number of methoxy groups -OCH3 is 1. The van der Waals surface area contributed by atoms with Crippen LogP contribution in [0.4, 0.5) is 4.79 Å². The van der Waals surface area contributed by atoms with Crippen LogP contribution in [0.3, 0.4) is 0 Å². The Labute approximate surface area is 287 Å². The molecule has 2 aliphatic rings. The largest absolute Gasteiger partial charge is 0.533 e. The van der Waals surface area contributed by atoms with Crippen LogP contribution in [0.25, 0.3) is 11.1 Å². The highest BCUT2D eigenvalue weighted by atomic mass is 16.8. The summed E-state index contributed by atoms with van der Waals surface area (Å²) in [6, 6.07) is 11.6. The number of ketones is 1. The lowest BCUT2D eigenvalue weighted by Gasteiger charge is -2.17.